The van der Waals surface area contributed by atoms with Crippen molar-refractivity contribution < 1.29 is 24.9 Å². The third kappa shape index (κ3) is 1070. The molecule has 0 spiro atoms. The van der Waals surface area contributed by atoms with Crippen LogP contribution in [0.1, 0.15) is 34.1 Å². The van der Waals surface area contributed by atoms with Gasteiger partial charge >= 0.3 is 0 Å². The standard InChI is InChI=1S/C4H10O.2C2H4O2/c1-3-4(2)5;2*1-2(3)4/h4-5H,3H2,1-2H3;2*1H3,(H,3,4). The summed E-state index contributed by atoms with van der Waals surface area (Å²) >= 11 is 0. The molecule has 80 valence electrons. The molecule has 5 heteroatoms. The molecule has 0 saturated carbocycles. The molecule has 0 aliphatic rings. The minimum atomic E-state index is -0.833. The van der Waals surface area contributed by atoms with Crippen LogP contribution in [-0.2, 0) is 9.59 Å². The summed E-state index contributed by atoms with van der Waals surface area (Å²) in [6.45, 7) is 5.89. The molecule has 0 bridgehead atoms. The van der Waals surface area contributed by atoms with Crippen LogP contribution in [0.4, 0.5) is 0 Å². The van der Waals surface area contributed by atoms with Gasteiger partial charge in [-0.05, 0) is 13.3 Å². The van der Waals surface area contributed by atoms with Crippen LogP contribution in [0.5, 0.6) is 0 Å². The summed E-state index contributed by atoms with van der Waals surface area (Å²) < 4.78 is 0. The minimum absolute atomic E-state index is 0.116. The van der Waals surface area contributed by atoms with E-state index in [1.807, 2.05) is 6.92 Å². The highest BCUT2D eigenvalue weighted by atomic mass is 16.4. The maximum atomic E-state index is 9.00. The average Bonchev–Trinajstić information content (AvgIpc) is 1.84. The Morgan fingerprint density at radius 2 is 1.23 bits per heavy atom. The fourth-order valence-corrected chi connectivity index (χ4v) is 0. The summed E-state index contributed by atoms with van der Waals surface area (Å²) in [6.07, 6.45) is 0.745. The number of aliphatic hydroxyl groups is 1. The molecule has 3 N–H and O–H groups in total. The highest BCUT2D eigenvalue weighted by molar-refractivity contribution is 5.63. The Bertz CT molecular complexity index is 110. The molecule has 0 aromatic heterocycles. The number of aliphatic hydroxyl groups excluding tert-OH is 1. The second-order valence-electron chi connectivity index (χ2n) is 2.30. The number of hydrogen-bond acceptors (Lipinski definition) is 3. The van der Waals surface area contributed by atoms with Crippen LogP contribution in [0.15, 0.2) is 0 Å². The number of aliphatic carboxylic acids is 2. The molecule has 0 aliphatic heterocycles. The Morgan fingerprint density at radius 3 is 1.23 bits per heavy atom. The monoisotopic (exact) mass is 194 g/mol. The second-order valence-corrected chi connectivity index (χ2v) is 2.30. The largest absolute Gasteiger partial charge is 0.481 e. The van der Waals surface area contributed by atoms with E-state index in [1.54, 1.807) is 6.92 Å². The highest BCUT2D eigenvalue weighted by Crippen LogP contribution is 1.81. The average molecular weight is 194 g/mol. The van der Waals surface area contributed by atoms with Crippen molar-refractivity contribution in [2.45, 2.75) is 40.2 Å². The van der Waals surface area contributed by atoms with Crippen LogP contribution in [-0.4, -0.2) is 33.4 Å². The number of carbonyl (C=O) groups is 2. The van der Waals surface area contributed by atoms with Crippen LogP contribution in [0.3, 0.4) is 0 Å². The van der Waals surface area contributed by atoms with Crippen molar-refractivity contribution in [2.24, 2.45) is 0 Å². The quantitative estimate of drug-likeness (QED) is 0.578. The Balaban J connectivity index is -0.000000117. The first-order chi connectivity index (χ1) is 5.73. The molecular weight excluding hydrogens is 176 g/mol. The summed E-state index contributed by atoms with van der Waals surface area (Å²) in [5.74, 6) is -1.67. The van der Waals surface area contributed by atoms with Gasteiger partial charge in [0.15, 0.2) is 0 Å². The first-order valence-corrected chi connectivity index (χ1v) is 3.81. The Kier molecular flexibility index (Phi) is 18.5. The number of carboxylic acid groups (broad SMARTS) is 2. The van der Waals surface area contributed by atoms with Gasteiger partial charge < -0.3 is 15.3 Å². The molecule has 1 unspecified atom stereocenters. The zero-order valence-electron chi connectivity index (χ0n) is 8.44. The first kappa shape index (κ1) is 17.8. The van der Waals surface area contributed by atoms with Crippen molar-refractivity contribution in [3.05, 3.63) is 0 Å². The van der Waals surface area contributed by atoms with Crippen LogP contribution in [0.2, 0.25) is 0 Å². The van der Waals surface area contributed by atoms with Gasteiger partial charge in [-0.3, -0.25) is 9.59 Å². The SMILES string of the molecule is CC(=O)O.CC(=O)O.CCC(C)O. The smallest absolute Gasteiger partial charge is 0.300 e. The van der Waals surface area contributed by atoms with Gasteiger partial charge in [-0.25, -0.2) is 0 Å². The third-order valence-electron chi connectivity index (χ3n) is 0.591. The van der Waals surface area contributed by atoms with Gasteiger partial charge in [-0.1, -0.05) is 6.92 Å². The lowest BCUT2D eigenvalue weighted by molar-refractivity contribution is -0.135. The topological polar surface area (TPSA) is 94.8 Å². The lowest BCUT2D eigenvalue weighted by atomic mass is 10.3. The van der Waals surface area contributed by atoms with Crippen LogP contribution in [0.25, 0.3) is 0 Å². The van der Waals surface area contributed by atoms with Crippen molar-refractivity contribution in [2.75, 3.05) is 0 Å². The van der Waals surface area contributed by atoms with Crippen LogP contribution >= 0.6 is 0 Å². The maximum Gasteiger partial charge on any atom is 0.300 e. The molecule has 1 atom stereocenters. The normalized spacial score (nSPS) is 9.62. The van der Waals surface area contributed by atoms with E-state index in [0.717, 1.165) is 20.3 Å². The van der Waals surface area contributed by atoms with Gasteiger partial charge in [0, 0.05) is 13.8 Å². The lowest BCUT2D eigenvalue weighted by Gasteiger charge is -1.90. The van der Waals surface area contributed by atoms with E-state index in [1.165, 1.54) is 0 Å². The highest BCUT2D eigenvalue weighted by Gasteiger charge is 1.81. The number of hydrogen-bond donors (Lipinski definition) is 3. The van der Waals surface area contributed by atoms with Crippen molar-refractivity contribution in [3.63, 3.8) is 0 Å². The molecule has 0 aliphatic carbocycles. The Hall–Kier alpha value is -1.10. The van der Waals surface area contributed by atoms with Crippen molar-refractivity contribution >= 4 is 11.9 Å². The summed E-state index contributed by atoms with van der Waals surface area (Å²) in [7, 11) is 0. The van der Waals surface area contributed by atoms with Gasteiger partial charge in [0.25, 0.3) is 11.9 Å². The van der Waals surface area contributed by atoms with Crippen molar-refractivity contribution in [1.82, 2.24) is 0 Å². The second kappa shape index (κ2) is 13.5. The molecule has 0 radical (unpaired) electrons. The van der Waals surface area contributed by atoms with E-state index in [-0.39, 0.29) is 6.10 Å². The zero-order valence-corrected chi connectivity index (χ0v) is 8.44. The van der Waals surface area contributed by atoms with Gasteiger partial charge in [0.2, 0.25) is 0 Å². The fraction of sp³-hybridized carbons (Fsp3) is 0.750. The van der Waals surface area contributed by atoms with E-state index in [9.17, 15) is 0 Å². The van der Waals surface area contributed by atoms with E-state index in [0.29, 0.717) is 0 Å². The number of rotatable bonds is 1. The van der Waals surface area contributed by atoms with Crippen LogP contribution in [0, 0.1) is 0 Å². The molecule has 0 heterocycles. The summed E-state index contributed by atoms with van der Waals surface area (Å²) in [5.41, 5.74) is 0. The molecule has 13 heavy (non-hydrogen) atoms. The minimum Gasteiger partial charge on any atom is -0.481 e. The predicted octanol–water partition coefficient (Wildman–Crippen LogP) is 0.959. The summed E-state index contributed by atoms with van der Waals surface area (Å²) in [5, 5.41) is 23.2. The zero-order chi connectivity index (χ0) is 11.4. The summed E-state index contributed by atoms with van der Waals surface area (Å²) in [6, 6.07) is 0. The van der Waals surface area contributed by atoms with E-state index >= 15 is 0 Å². The Morgan fingerprint density at radius 1 is 1.15 bits per heavy atom. The molecule has 0 saturated heterocycles. The molecule has 0 fully saturated rings. The van der Waals surface area contributed by atoms with E-state index in [2.05, 4.69) is 0 Å². The molecule has 0 aromatic rings. The molecule has 0 rings (SSSR count). The van der Waals surface area contributed by atoms with Crippen LogP contribution < -0.4 is 0 Å². The van der Waals surface area contributed by atoms with Crippen molar-refractivity contribution in [3.8, 4) is 0 Å². The number of carboxylic acids is 2. The first-order valence-electron chi connectivity index (χ1n) is 3.81. The van der Waals surface area contributed by atoms with Gasteiger partial charge in [-0.2, -0.15) is 0 Å². The maximum absolute atomic E-state index is 9.00. The molecule has 5 nitrogen and oxygen atoms in total. The van der Waals surface area contributed by atoms with E-state index < -0.39 is 11.9 Å². The van der Waals surface area contributed by atoms with Gasteiger partial charge in [-0.15, -0.1) is 0 Å². The molecule has 0 amide bonds. The molecule has 0 aromatic carbocycles. The Labute approximate surface area is 78.0 Å². The third-order valence-corrected chi connectivity index (χ3v) is 0.591. The van der Waals surface area contributed by atoms with E-state index in [4.69, 9.17) is 24.9 Å². The summed E-state index contributed by atoms with van der Waals surface area (Å²) in [4.78, 5) is 18.0. The fourth-order valence-electron chi connectivity index (χ4n) is 0. The van der Waals surface area contributed by atoms with Crippen molar-refractivity contribution in [1.29, 1.82) is 0 Å². The predicted molar refractivity (Wildman–Crippen MR) is 48.6 cm³/mol. The molecular formula is C8H18O5. The lowest BCUT2D eigenvalue weighted by Crippen LogP contribution is -1.93. The van der Waals surface area contributed by atoms with Gasteiger partial charge in [0.1, 0.15) is 0 Å². The van der Waals surface area contributed by atoms with Gasteiger partial charge in [0.05, 0.1) is 6.10 Å².